The first kappa shape index (κ1) is 6.81. The van der Waals surface area contributed by atoms with Crippen LogP contribution in [0.25, 0.3) is 0 Å². The molecule has 2 heteroatoms. The molecule has 0 saturated carbocycles. The van der Waals surface area contributed by atoms with Gasteiger partial charge in [-0.3, -0.25) is 4.79 Å². The summed E-state index contributed by atoms with van der Waals surface area (Å²) in [5.41, 5.74) is 0.731. The van der Waals surface area contributed by atoms with E-state index in [0.29, 0.717) is 0 Å². The van der Waals surface area contributed by atoms with Crippen molar-refractivity contribution < 1.29 is 9.90 Å². The molecule has 1 aromatic carbocycles. The van der Waals surface area contributed by atoms with Crippen LogP contribution in [0.3, 0.4) is 0 Å². The molecule has 0 aromatic heterocycles. The lowest BCUT2D eigenvalue weighted by atomic mass is 10.2. The maximum Gasteiger partial charge on any atom is 0.307 e. The molecule has 0 fully saturated rings. The minimum absolute atomic E-state index is 0.0494. The van der Waals surface area contributed by atoms with Crippen molar-refractivity contribution in [3.05, 3.63) is 35.9 Å². The number of carbonyl (C=O) groups is 1. The summed E-state index contributed by atoms with van der Waals surface area (Å²) < 4.78 is 0. The molecule has 1 rings (SSSR count). The van der Waals surface area contributed by atoms with Crippen molar-refractivity contribution in [1.82, 2.24) is 0 Å². The standard InChI is InChI=1S/C8H6O2/c9-8(10)6-7-4-2-1-3-5-7/h1,4-5H,6H2,(H,9,10). The van der Waals surface area contributed by atoms with Crippen LogP contribution in [-0.2, 0) is 11.2 Å². The Morgan fingerprint density at radius 1 is 1.50 bits per heavy atom. The van der Waals surface area contributed by atoms with Gasteiger partial charge in [-0.15, -0.1) is 0 Å². The number of hydrogen-bond acceptors (Lipinski definition) is 1. The fourth-order valence-corrected chi connectivity index (χ4v) is 0.664. The van der Waals surface area contributed by atoms with E-state index in [9.17, 15) is 4.79 Å². The average molecular weight is 134 g/mol. The second-order valence-electron chi connectivity index (χ2n) is 1.91. The maximum absolute atomic E-state index is 10.1. The highest BCUT2D eigenvalue weighted by Crippen LogP contribution is 1.97. The van der Waals surface area contributed by atoms with Gasteiger partial charge in [-0.2, -0.15) is 0 Å². The lowest BCUT2D eigenvalue weighted by Crippen LogP contribution is -1.98. The molecule has 0 aliphatic heterocycles. The third-order valence-corrected chi connectivity index (χ3v) is 1.06. The van der Waals surface area contributed by atoms with E-state index in [1.807, 2.05) is 0 Å². The van der Waals surface area contributed by atoms with Gasteiger partial charge in [0.15, 0.2) is 0 Å². The van der Waals surface area contributed by atoms with Gasteiger partial charge in [0.05, 0.1) is 6.42 Å². The van der Waals surface area contributed by atoms with Crippen LogP contribution in [0.2, 0.25) is 0 Å². The van der Waals surface area contributed by atoms with Gasteiger partial charge in [0.1, 0.15) is 0 Å². The van der Waals surface area contributed by atoms with Gasteiger partial charge in [0.2, 0.25) is 0 Å². The van der Waals surface area contributed by atoms with Crippen molar-refractivity contribution in [3.63, 3.8) is 0 Å². The average Bonchev–Trinajstić information content (AvgIpc) is 1.88. The van der Waals surface area contributed by atoms with E-state index in [1.165, 1.54) is 0 Å². The summed E-state index contributed by atoms with van der Waals surface area (Å²) in [5.74, 6) is -0.826. The number of carboxylic acid groups (broad SMARTS) is 1. The van der Waals surface area contributed by atoms with Crippen LogP contribution >= 0.6 is 0 Å². The van der Waals surface area contributed by atoms with Crippen molar-refractivity contribution in [2.75, 3.05) is 0 Å². The van der Waals surface area contributed by atoms with Gasteiger partial charge in [-0.05, 0) is 23.8 Å². The van der Waals surface area contributed by atoms with Crippen molar-refractivity contribution in [1.29, 1.82) is 0 Å². The zero-order chi connectivity index (χ0) is 7.40. The second-order valence-corrected chi connectivity index (χ2v) is 1.91. The molecule has 0 amide bonds. The SMILES string of the molecule is O=C(O)Cc1c[c]c[c]c1. The minimum Gasteiger partial charge on any atom is -0.481 e. The zero-order valence-electron chi connectivity index (χ0n) is 5.29. The lowest BCUT2D eigenvalue weighted by molar-refractivity contribution is -0.136. The first-order valence-electron chi connectivity index (χ1n) is 2.87. The molecule has 2 radical (unpaired) electrons. The molecule has 2 nitrogen and oxygen atoms in total. The van der Waals surface area contributed by atoms with Crippen LogP contribution in [0.5, 0.6) is 0 Å². The lowest BCUT2D eigenvalue weighted by Gasteiger charge is -1.91. The first-order chi connectivity index (χ1) is 4.79. The molecule has 0 saturated heterocycles. The second kappa shape index (κ2) is 3.01. The smallest absolute Gasteiger partial charge is 0.307 e. The Labute approximate surface area is 59.1 Å². The summed E-state index contributed by atoms with van der Waals surface area (Å²) in [6, 6.07) is 10.4. The van der Waals surface area contributed by atoms with Crippen LogP contribution in [0.15, 0.2) is 18.2 Å². The van der Waals surface area contributed by atoms with Crippen molar-refractivity contribution in [2.45, 2.75) is 6.42 Å². The summed E-state index contributed by atoms with van der Waals surface area (Å²) in [4.78, 5) is 10.1. The largest absolute Gasteiger partial charge is 0.481 e. The topological polar surface area (TPSA) is 37.3 Å². The molecule has 0 spiro atoms. The summed E-state index contributed by atoms with van der Waals surface area (Å²) in [5, 5.41) is 8.34. The number of rotatable bonds is 2. The van der Waals surface area contributed by atoms with Crippen molar-refractivity contribution >= 4 is 5.97 Å². The molecule has 10 heavy (non-hydrogen) atoms. The van der Waals surface area contributed by atoms with E-state index in [4.69, 9.17) is 5.11 Å². The van der Waals surface area contributed by atoms with E-state index in [2.05, 4.69) is 12.1 Å². The van der Waals surface area contributed by atoms with Gasteiger partial charge in [-0.1, -0.05) is 12.1 Å². The van der Waals surface area contributed by atoms with E-state index in [-0.39, 0.29) is 6.42 Å². The molecule has 1 N–H and O–H groups in total. The van der Waals surface area contributed by atoms with Crippen molar-refractivity contribution in [2.24, 2.45) is 0 Å². The molecule has 0 unspecified atom stereocenters. The molecule has 50 valence electrons. The number of hydrogen-bond donors (Lipinski definition) is 1. The minimum atomic E-state index is -0.826. The summed E-state index contributed by atoms with van der Waals surface area (Å²) >= 11 is 0. The highest BCUT2D eigenvalue weighted by molar-refractivity contribution is 5.69. The van der Waals surface area contributed by atoms with Gasteiger partial charge >= 0.3 is 5.97 Å². The third kappa shape index (κ3) is 1.90. The predicted octanol–water partition coefficient (Wildman–Crippen LogP) is 0.914. The van der Waals surface area contributed by atoms with Crippen molar-refractivity contribution in [3.8, 4) is 0 Å². The Kier molecular flexibility index (Phi) is 2.05. The van der Waals surface area contributed by atoms with E-state index in [0.717, 1.165) is 5.56 Å². The molecular formula is C8H6O2. The molecule has 0 atom stereocenters. The quantitative estimate of drug-likeness (QED) is 0.652. The van der Waals surface area contributed by atoms with Crippen LogP contribution in [-0.4, -0.2) is 11.1 Å². The van der Waals surface area contributed by atoms with Gasteiger partial charge in [-0.25, -0.2) is 0 Å². The van der Waals surface area contributed by atoms with Crippen LogP contribution in [0.1, 0.15) is 5.56 Å². The number of aliphatic carboxylic acids is 1. The first-order valence-corrected chi connectivity index (χ1v) is 2.87. The molecule has 0 bridgehead atoms. The fourth-order valence-electron chi connectivity index (χ4n) is 0.664. The van der Waals surface area contributed by atoms with Gasteiger partial charge in [0, 0.05) is 0 Å². The van der Waals surface area contributed by atoms with Gasteiger partial charge in [0.25, 0.3) is 0 Å². The van der Waals surface area contributed by atoms with Gasteiger partial charge < -0.3 is 5.11 Å². The summed E-state index contributed by atoms with van der Waals surface area (Å²) in [6.45, 7) is 0. The van der Waals surface area contributed by atoms with E-state index >= 15 is 0 Å². The summed E-state index contributed by atoms with van der Waals surface area (Å²) in [7, 11) is 0. The fraction of sp³-hybridized carbons (Fsp3) is 0.125. The summed E-state index contributed by atoms with van der Waals surface area (Å²) in [6.07, 6.45) is 0.0494. The third-order valence-electron chi connectivity index (χ3n) is 1.06. The number of carboxylic acids is 1. The molecule has 0 heterocycles. The highest BCUT2D eigenvalue weighted by atomic mass is 16.4. The van der Waals surface area contributed by atoms with E-state index in [1.54, 1.807) is 18.2 Å². The Bertz CT molecular complexity index is 216. The monoisotopic (exact) mass is 134 g/mol. The zero-order valence-corrected chi connectivity index (χ0v) is 5.29. The van der Waals surface area contributed by atoms with Crippen LogP contribution < -0.4 is 0 Å². The van der Waals surface area contributed by atoms with Crippen LogP contribution in [0.4, 0.5) is 0 Å². The van der Waals surface area contributed by atoms with E-state index < -0.39 is 5.97 Å². The Morgan fingerprint density at radius 2 is 2.10 bits per heavy atom. The normalized spacial score (nSPS) is 9.20. The molecule has 0 aliphatic rings. The molecule has 0 aliphatic carbocycles. The number of benzene rings is 1. The molecule has 1 aromatic rings. The Balaban J connectivity index is 2.67. The Morgan fingerprint density at radius 3 is 2.60 bits per heavy atom. The van der Waals surface area contributed by atoms with Crippen LogP contribution in [0, 0.1) is 12.1 Å². The molecular weight excluding hydrogens is 128 g/mol. The maximum atomic E-state index is 10.1. The highest BCUT2D eigenvalue weighted by Gasteiger charge is 1.96. The predicted molar refractivity (Wildman–Crippen MR) is 35.5 cm³/mol. The Hall–Kier alpha value is -1.31.